The molecule has 28 heavy (non-hydrogen) atoms. The lowest BCUT2D eigenvalue weighted by Crippen LogP contribution is -2.28. The summed E-state index contributed by atoms with van der Waals surface area (Å²) < 4.78 is 31.9. The van der Waals surface area contributed by atoms with Gasteiger partial charge >= 0.3 is 11.9 Å². The summed E-state index contributed by atoms with van der Waals surface area (Å²) >= 11 is 0. The van der Waals surface area contributed by atoms with Crippen molar-refractivity contribution < 1.29 is 27.9 Å². The van der Waals surface area contributed by atoms with Crippen LogP contribution < -0.4 is 0 Å². The molecule has 0 spiro atoms. The van der Waals surface area contributed by atoms with Gasteiger partial charge in [-0.2, -0.15) is 8.78 Å². The molecule has 0 N–H and O–H groups in total. The summed E-state index contributed by atoms with van der Waals surface area (Å²) in [5, 5.41) is 0. The zero-order valence-electron chi connectivity index (χ0n) is 17.3. The Bertz CT molecular complexity index is 557. The third-order valence-electron chi connectivity index (χ3n) is 5.63. The van der Waals surface area contributed by atoms with Crippen LogP contribution in [0.1, 0.15) is 78.1 Å². The van der Waals surface area contributed by atoms with Crippen LogP contribution in [0, 0.1) is 17.8 Å². The molecule has 160 valence electrons. The summed E-state index contributed by atoms with van der Waals surface area (Å²) in [6.45, 7) is 3.66. The normalized spacial score (nSPS) is 22.8. The number of carbonyl (C=O) groups excluding carboxylic acids is 3. The van der Waals surface area contributed by atoms with Crippen molar-refractivity contribution in [3.05, 3.63) is 12.2 Å². The van der Waals surface area contributed by atoms with E-state index in [1.54, 1.807) is 6.92 Å². The van der Waals surface area contributed by atoms with E-state index in [0.717, 1.165) is 6.42 Å². The van der Waals surface area contributed by atoms with Crippen LogP contribution in [-0.4, -0.2) is 30.6 Å². The largest absolute Gasteiger partial charge is 0.469 e. The second-order valence-electron chi connectivity index (χ2n) is 7.86. The molecule has 1 aliphatic carbocycles. The highest BCUT2D eigenvalue weighted by molar-refractivity contribution is 5.85. The molecule has 0 unspecified atom stereocenters. The fraction of sp³-hybridized carbons (Fsp3) is 0.773. The number of carbonyl (C=O) groups is 3. The van der Waals surface area contributed by atoms with Crippen LogP contribution >= 0.6 is 0 Å². The highest BCUT2D eigenvalue weighted by Gasteiger charge is 2.40. The number of ketones is 2. The molecule has 0 aliphatic heterocycles. The van der Waals surface area contributed by atoms with Gasteiger partial charge in [0.25, 0.3) is 0 Å². The van der Waals surface area contributed by atoms with Crippen LogP contribution in [0.3, 0.4) is 0 Å². The molecule has 1 fully saturated rings. The van der Waals surface area contributed by atoms with E-state index in [-0.39, 0.29) is 42.3 Å². The van der Waals surface area contributed by atoms with Crippen LogP contribution in [0.4, 0.5) is 8.78 Å². The number of hydrogen-bond donors (Lipinski definition) is 0. The van der Waals surface area contributed by atoms with E-state index in [1.807, 2.05) is 19.1 Å². The first-order chi connectivity index (χ1) is 13.2. The minimum atomic E-state index is -3.22. The monoisotopic (exact) mass is 400 g/mol. The molecule has 6 heteroatoms. The molecule has 1 rings (SSSR count). The molecule has 1 aliphatic rings. The lowest BCUT2D eigenvalue weighted by Gasteiger charge is -2.21. The molecule has 0 amide bonds. The van der Waals surface area contributed by atoms with Gasteiger partial charge in [-0.3, -0.25) is 14.4 Å². The third kappa shape index (κ3) is 7.80. The molecule has 0 aromatic heterocycles. The minimum absolute atomic E-state index is 0.0990. The third-order valence-corrected chi connectivity index (χ3v) is 5.63. The molecule has 1 saturated carbocycles. The van der Waals surface area contributed by atoms with E-state index >= 15 is 0 Å². The Kier molecular flexibility index (Phi) is 10.5. The van der Waals surface area contributed by atoms with Gasteiger partial charge in [0.2, 0.25) is 5.78 Å². The SMILES string of the molecule is CCCC(F)(F)C(=O)CCC[C@H]1[C@H](C)CC(=O)[C@@H]1CC=CCCCC(=O)OC. The maximum atomic E-state index is 13.6. The molecular formula is C22H34F2O4. The van der Waals surface area contributed by atoms with E-state index in [0.29, 0.717) is 38.5 Å². The van der Waals surface area contributed by atoms with Crippen molar-refractivity contribution in [1.82, 2.24) is 0 Å². The van der Waals surface area contributed by atoms with Crippen molar-refractivity contribution in [3.63, 3.8) is 0 Å². The summed E-state index contributed by atoms with van der Waals surface area (Å²) in [5.74, 6) is -3.95. The van der Waals surface area contributed by atoms with Gasteiger partial charge < -0.3 is 4.74 Å². The fourth-order valence-electron chi connectivity index (χ4n) is 4.01. The number of Topliss-reactive ketones (excluding diaryl/α,β-unsaturated/α-hetero) is 2. The lowest BCUT2D eigenvalue weighted by atomic mass is 9.83. The number of unbranched alkanes of at least 4 members (excludes halogenated alkanes) is 1. The van der Waals surface area contributed by atoms with Gasteiger partial charge in [0, 0.05) is 31.6 Å². The Morgan fingerprint density at radius 2 is 1.93 bits per heavy atom. The van der Waals surface area contributed by atoms with E-state index in [9.17, 15) is 23.2 Å². The molecule has 0 radical (unpaired) electrons. The number of halogens is 2. The lowest BCUT2D eigenvalue weighted by molar-refractivity contribution is -0.144. The average molecular weight is 401 g/mol. The first-order valence-electron chi connectivity index (χ1n) is 10.4. The van der Waals surface area contributed by atoms with E-state index in [1.165, 1.54) is 7.11 Å². The Labute approximate surface area is 167 Å². The van der Waals surface area contributed by atoms with Gasteiger partial charge in [0.15, 0.2) is 0 Å². The molecule has 3 atom stereocenters. The van der Waals surface area contributed by atoms with Gasteiger partial charge in [-0.25, -0.2) is 0 Å². The summed E-state index contributed by atoms with van der Waals surface area (Å²) in [6, 6.07) is 0. The number of hydrogen-bond acceptors (Lipinski definition) is 4. The number of alkyl halides is 2. The summed E-state index contributed by atoms with van der Waals surface area (Å²) in [7, 11) is 1.36. The van der Waals surface area contributed by atoms with Gasteiger partial charge in [0.05, 0.1) is 7.11 Å². The van der Waals surface area contributed by atoms with Crippen molar-refractivity contribution in [2.45, 2.75) is 84.0 Å². The van der Waals surface area contributed by atoms with Gasteiger partial charge in [-0.05, 0) is 50.4 Å². The van der Waals surface area contributed by atoms with Gasteiger partial charge in [-0.15, -0.1) is 0 Å². The highest BCUT2D eigenvalue weighted by atomic mass is 19.3. The number of methoxy groups -OCH3 is 1. The van der Waals surface area contributed by atoms with Crippen molar-refractivity contribution in [2.24, 2.45) is 17.8 Å². The second-order valence-corrected chi connectivity index (χ2v) is 7.86. The predicted molar refractivity (Wildman–Crippen MR) is 104 cm³/mol. The van der Waals surface area contributed by atoms with E-state index < -0.39 is 18.1 Å². The quantitative estimate of drug-likeness (QED) is 0.239. The van der Waals surface area contributed by atoms with Gasteiger partial charge in [0.1, 0.15) is 5.78 Å². The van der Waals surface area contributed by atoms with Crippen molar-refractivity contribution in [1.29, 1.82) is 0 Å². The van der Waals surface area contributed by atoms with E-state index in [2.05, 4.69) is 4.74 Å². The Morgan fingerprint density at radius 1 is 1.21 bits per heavy atom. The van der Waals surface area contributed by atoms with Crippen molar-refractivity contribution in [3.8, 4) is 0 Å². The fourth-order valence-corrected chi connectivity index (χ4v) is 4.01. The maximum absolute atomic E-state index is 13.6. The molecular weight excluding hydrogens is 366 g/mol. The maximum Gasteiger partial charge on any atom is 0.305 e. The summed E-state index contributed by atoms with van der Waals surface area (Å²) in [4.78, 5) is 35.1. The minimum Gasteiger partial charge on any atom is -0.469 e. The number of esters is 1. The first kappa shape index (κ1) is 24.4. The standard InChI is InChI=1S/C22H34F2O4/c1-4-14-22(23,24)20(26)12-9-11-17-16(2)15-19(25)18(17)10-7-5-6-8-13-21(27)28-3/h5,7,16-18H,4,6,8-15H2,1-3H3/t16-,17+,18-/m1/s1. The molecule has 0 saturated heterocycles. The van der Waals surface area contributed by atoms with Crippen molar-refractivity contribution >= 4 is 17.5 Å². The van der Waals surface area contributed by atoms with Crippen LogP contribution in [0.15, 0.2) is 12.2 Å². The topological polar surface area (TPSA) is 60.4 Å². The predicted octanol–water partition coefficient (Wildman–Crippen LogP) is 5.29. The number of ether oxygens (including phenoxy) is 1. The highest BCUT2D eigenvalue weighted by Crippen LogP contribution is 2.40. The summed E-state index contributed by atoms with van der Waals surface area (Å²) in [6.07, 6.45) is 7.72. The zero-order chi connectivity index (χ0) is 21.2. The van der Waals surface area contributed by atoms with Gasteiger partial charge in [-0.1, -0.05) is 26.0 Å². The number of allylic oxidation sites excluding steroid dienone is 2. The molecule has 0 heterocycles. The second kappa shape index (κ2) is 12.1. The van der Waals surface area contributed by atoms with Crippen LogP contribution in [0.5, 0.6) is 0 Å². The van der Waals surface area contributed by atoms with E-state index in [4.69, 9.17) is 0 Å². The Morgan fingerprint density at radius 3 is 2.57 bits per heavy atom. The molecule has 4 nitrogen and oxygen atoms in total. The van der Waals surface area contributed by atoms with Crippen LogP contribution in [-0.2, 0) is 19.1 Å². The first-order valence-corrected chi connectivity index (χ1v) is 10.4. The zero-order valence-corrected chi connectivity index (χ0v) is 17.3. The van der Waals surface area contributed by atoms with Crippen LogP contribution in [0.2, 0.25) is 0 Å². The molecule has 0 aromatic rings. The smallest absolute Gasteiger partial charge is 0.305 e. The van der Waals surface area contributed by atoms with Crippen LogP contribution in [0.25, 0.3) is 0 Å². The average Bonchev–Trinajstić information content (AvgIpc) is 2.90. The number of rotatable bonds is 13. The molecule has 0 aromatic carbocycles. The molecule has 0 bridgehead atoms. The Balaban J connectivity index is 2.45. The van der Waals surface area contributed by atoms with Crippen molar-refractivity contribution in [2.75, 3.05) is 7.11 Å². The summed E-state index contributed by atoms with van der Waals surface area (Å²) in [5.41, 5.74) is 0. The Hall–Kier alpha value is -1.59.